The number of nitrogens with one attached hydrogen (secondary N) is 2. The zero-order valence-electron chi connectivity index (χ0n) is 19.0. The molecule has 1 unspecified atom stereocenters. The molecule has 10 heteroatoms. The normalized spacial score (nSPS) is 16.3. The molecule has 188 valence electrons. The molecule has 36 heavy (non-hydrogen) atoms. The summed E-state index contributed by atoms with van der Waals surface area (Å²) in [5.74, 6) is -0.486. The van der Waals surface area contributed by atoms with Gasteiger partial charge < -0.3 is 16.8 Å². The molecule has 0 bridgehead atoms. The summed E-state index contributed by atoms with van der Waals surface area (Å²) in [5, 5.41) is 8.02. The summed E-state index contributed by atoms with van der Waals surface area (Å²) in [6, 6.07) is 13.5. The summed E-state index contributed by atoms with van der Waals surface area (Å²) >= 11 is 24.3. The maximum absolute atomic E-state index is 13.1. The highest BCUT2D eigenvalue weighted by atomic mass is 35.5. The molecule has 0 saturated heterocycles. The van der Waals surface area contributed by atoms with Gasteiger partial charge in [-0.25, -0.2) is 0 Å². The second kappa shape index (κ2) is 11.5. The van der Waals surface area contributed by atoms with E-state index in [0.29, 0.717) is 38.7 Å². The van der Waals surface area contributed by atoms with Gasteiger partial charge in [0.15, 0.2) is 5.78 Å². The highest BCUT2D eigenvalue weighted by molar-refractivity contribution is 6.35. The van der Waals surface area contributed by atoms with Crippen molar-refractivity contribution in [3.63, 3.8) is 0 Å². The number of hydrogen-bond acceptors (Lipinski definition) is 5. The van der Waals surface area contributed by atoms with Crippen molar-refractivity contribution in [3.8, 4) is 0 Å². The third-order valence-corrected chi connectivity index (χ3v) is 7.29. The van der Waals surface area contributed by atoms with Gasteiger partial charge >= 0.3 is 0 Å². The minimum atomic E-state index is -0.804. The van der Waals surface area contributed by atoms with Crippen molar-refractivity contribution in [2.75, 3.05) is 5.32 Å². The van der Waals surface area contributed by atoms with E-state index in [1.54, 1.807) is 42.5 Å². The number of rotatable bonds is 8. The molecule has 0 aliphatic carbocycles. The summed E-state index contributed by atoms with van der Waals surface area (Å²) in [6.45, 7) is 0.469. The lowest BCUT2D eigenvalue weighted by atomic mass is 9.94. The zero-order valence-corrected chi connectivity index (χ0v) is 22.1. The van der Waals surface area contributed by atoms with Crippen LogP contribution in [-0.2, 0) is 29.0 Å². The van der Waals surface area contributed by atoms with Crippen LogP contribution >= 0.6 is 46.4 Å². The molecule has 1 heterocycles. The highest BCUT2D eigenvalue weighted by Crippen LogP contribution is 2.30. The third-order valence-electron chi connectivity index (χ3n) is 6.11. The van der Waals surface area contributed by atoms with Gasteiger partial charge in [-0.05, 0) is 71.5 Å². The standard InChI is InChI=1S/C26H24Cl4N4O2/c27-16-3-1-13(20(29)10-16)8-22(31)25(35)24-19-6-5-18(7-15(19)12-33-24)34-26(36)23(32)9-14-2-4-17(28)11-21(14)30/h1-7,10-11,22-24,33H,8-9,12,31-32H2,(H,34,36)/t22-,23+,24?/m1/s1. The van der Waals surface area contributed by atoms with Gasteiger partial charge in [0.1, 0.15) is 0 Å². The van der Waals surface area contributed by atoms with Gasteiger partial charge in [0.25, 0.3) is 0 Å². The summed E-state index contributed by atoms with van der Waals surface area (Å²) in [7, 11) is 0. The lowest BCUT2D eigenvalue weighted by molar-refractivity contribution is -0.122. The molecule has 6 N–H and O–H groups in total. The fraction of sp³-hybridized carbons (Fsp3) is 0.231. The maximum Gasteiger partial charge on any atom is 0.241 e. The van der Waals surface area contributed by atoms with Crippen molar-refractivity contribution < 1.29 is 9.59 Å². The molecule has 3 atom stereocenters. The first kappa shape index (κ1) is 26.9. The van der Waals surface area contributed by atoms with Crippen LogP contribution in [0.3, 0.4) is 0 Å². The molecule has 1 aliphatic heterocycles. The van der Waals surface area contributed by atoms with Crippen molar-refractivity contribution in [3.05, 3.63) is 96.9 Å². The summed E-state index contributed by atoms with van der Waals surface area (Å²) in [4.78, 5) is 25.8. The number of benzene rings is 3. The third kappa shape index (κ3) is 6.21. The Balaban J connectivity index is 1.39. The van der Waals surface area contributed by atoms with Crippen LogP contribution in [0.15, 0.2) is 54.6 Å². The van der Waals surface area contributed by atoms with E-state index in [9.17, 15) is 9.59 Å². The second-order valence-electron chi connectivity index (χ2n) is 8.71. The molecule has 3 aromatic rings. The molecule has 6 nitrogen and oxygen atoms in total. The predicted molar refractivity (Wildman–Crippen MR) is 146 cm³/mol. The molecule has 0 spiro atoms. The number of ketones is 1. The van der Waals surface area contributed by atoms with Gasteiger partial charge in [-0.1, -0.05) is 64.6 Å². The number of Topliss-reactive ketones (excluding diaryl/α,β-unsaturated/α-hetero) is 1. The number of carbonyl (C=O) groups excluding carboxylic acids is 2. The first-order valence-corrected chi connectivity index (χ1v) is 12.7. The van der Waals surface area contributed by atoms with E-state index in [2.05, 4.69) is 10.6 Å². The number of carbonyl (C=O) groups is 2. The quantitative estimate of drug-likeness (QED) is 0.304. The molecule has 0 radical (unpaired) electrons. The molecule has 0 fully saturated rings. The summed E-state index contributed by atoms with van der Waals surface area (Å²) in [5.41, 5.74) is 16.1. The number of fused-ring (bicyclic) bond motifs is 1. The first-order valence-electron chi connectivity index (χ1n) is 11.2. The molecule has 3 aromatic carbocycles. The van der Waals surface area contributed by atoms with E-state index < -0.39 is 18.1 Å². The smallest absolute Gasteiger partial charge is 0.241 e. The second-order valence-corrected chi connectivity index (χ2v) is 10.4. The Hall–Kier alpha value is -2.16. The van der Waals surface area contributed by atoms with Gasteiger partial charge in [0.05, 0.1) is 18.1 Å². The van der Waals surface area contributed by atoms with E-state index in [0.717, 1.165) is 22.3 Å². The number of hydrogen-bond donors (Lipinski definition) is 4. The Kier molecular flexibility index (Phi) is 8.58. The van der Waals surface area contributed by atoms with E-state index in [1.807, 2.05) is 12.1 Å². The summed E-state index contributed by atoms with van der Waals surface area (Å²) in [6.07, 6.45) is 0.562. The maximum atomic E-state index is 13.1. The molecule has 0 aromatic heterocycles. The van der Waals surface area contributed by atoms with Crippen LogP contribution in [0.25, 0.3) is 0 Å². The SMILES string of the molecule is N[C@H](Cc1ccc(Cl)cc1Cl)C(=O)C1NCc2cc(NC(=O)[C@@H](N)Cc3ccc(Cl)cc3Cl)ccc21. The Bertz CT molecular complexity index is 1320. The largest absolute Gasteiger partial charge is 0.325 e. The Morgan fingerprint density at radius 1 is 0.861 bits per heavy atom. The predicted octanol–water partition coefficient (Wildman–Crippen LogP) is 5.09. The average Bonchev–Trinajstić information content (AvgIpc) is 3.25. The Labute approximate surface area is 229 Å². The number of amides is 1. The topological polar surface area (TPSA) is 110 Å². The van der Waals surface area contributed by atoms with E-state index in [4.69, 9.17) is 57.9 Å². The monoisotopic (exact) mass is 564 g/mol. The summed E-state index contributed by atoms with van der Waals surface area (Å²) < 4.78 is 0. The van der Waals surface area contributed by atoms with Crippen LogP contribution < -0.4 is 22.1 Å². The van der Waals surface area contributed by atoms with Gasteiger partial charge in [0, 0.05) is 32.3 Å². The van der Waals surface area contributed by atoms with Crippen LogP contribution in [0.1, 0.15) is 28.3 Å². The zero-order chi connectivity index (χ0) is 26.0. The number of nitrogens with two attached hydrogens (primary N) is 2. The molecule has 0 saturated carbocycles. The lowest BCUT2D eigenvalue weighted by Crippen LogP contribution is -2.39. The first-order chi connectivity index (χ1) is 17.1. The van der Waals surface area contributed by atoms with Crippen molar-refractivity contribution in [1.82, 2.24) is 5.32 Å². The van der Waals surface area contributed by atoms with Crippen LogP contribution in [0.5, 0.6) is 0 Å². The molecule has 4 rings (SSSR count). The van der Waals surface area contributed by atoms with Crippen molar-refractivity contribution in [2.45, 2.75) is 37.5 Å². The van der Waals surface area contributed by atoms with Crippen LogP contribution in [0.4, 0.5) is 5.69 Å². The van der Waals surface area contributed by atoms with Gasteiger partial charge in [0.2, 0.25) is 5.91 Å². The molecule has 1 amide bonds. The van der Waals surface area contributed by atoms with Gasteiger partial charge in [-0.2, -0.15) is 0 Å². The van der Waals surface area contributed by atoms with Crippen molar-refractivity contribution in [1.29, 1.82) is 0 Å². The minimum absolute atomic E-state index is 0.140. The lowest BCUT2D eigenvalue weighted by Gasteiger charge is -2.18. The molecular formula is C26H24Cl4N4O2. The average molecular weight is 566 g/mol. The Morgan fingerprint density at radius 2 is 1.44 bits per heavy atom. The van der Waals surface area contributed by atoms with E-state index in [1.165, 1.54) is 0 Å². The molecular weight excluding hydrogens is 542 g/mol. The number of anilines is 1. The van der Waals surface area contributed by atoms with Crippen LogP contribution in [0.2, 0.25) is 20.1 Å². The van der Waals surface area contributed by atoms with E-state index in [-0.39, 0.29) is 18.1 Å². The van der Waals surface area contributed by atoms with Crippen molar-refractivity contribution >= 4 is 63.8 Å². The van der Waals surface area contributed by atoms with Crippen LogP contribution in [0, 0.1) is 0 Å². The fourth-order valence-corrected chi connectivity index (χ4v) is 5.16. The van der Waals surface area contributed by atoms with Crippen LogP contribution in [-0.4, -0.2) is 23.8 Å². The van der Waals surface area contributed by atoms with Gasteiger partial charge in [-0.15, -0.1) is 0 Å². The fourth-order valence-electron chi connectivity index (χ4n) is 4.18. The number of halogens is 4. The minimum Gasteiger partial charge on any atom is -0.325 e. The molecule has 1 aliphatic rings. The van der Waals surface area contributed by atoms with Crippen molar-refractivity contribution in [2.24, 2.45) is 11.5 Å². The highest BCUT2D eigenvalue weighted by Gasteiger charge is 2.32. The van der Waals surface area contributed by atoms with Gasteiger partial charge in [-0.3, -0.25) is 14.9 Å². The van der Waals surface area contributed by atoms with E-state index >= 15 is 0 Å². The Morgan fingerprint density at radius 3 is 2.03 bits per heavy atom.